The summed E-state index contributed by atoms with van der Waals surface area (Å²) in [6.45, 7) is 2.51. The third kappa shape index (κ3) is 3.77. The molecule has 3 heteroatoms. The molecule has 0 aromatic carbocycles. The smallest absolute Gasteiger partial charge is 0.105 e. The van der Waals surface area contributed by atoms with E-state index in [9.17, 15) is 4.39 Å². The van der Waals surface area contributed by atoms with Gasteiger partial charge in [-0.25, -0.2) is 4.39 Å². The van der Waals surface area contributed by atoms with Gasteiger partial charge in [-0.3, -0.25) is 4.90 Å². The van der Waals surface area contributed by atoms with Crippen LogP contribution in [0.1, 0.15) is 12.7 Å². The number of furan rings is 1. The molecule has 0 aliphatic heterocycles. The van der Waals surface area contributed by atoms with Gasteiger partial charge in [0.2, 0.25) is 0 Å². The Kier molecular flexibility index (Phi) is 4.92. The van der Waals surface area contributed by atoms with Crippen LogP contribution >= 0.6 is 0 Å². The number of alkyl halides is 1. The van der Waals surface area contributed by atoms with Crippen molar-refractivity contribution in [3.63, 3.8) is 0 Å². The van der Waals surface area contributed by atoms with Crippen molar-refractivity contribution in [3.8, 4) is 12.3 Å². The summed E-state index contributed by atoms with van der Waals surface area (Å²) < 4.78 is 17.5. The second-order valence-corrected chi connectivity index (χ2v) is 3.50. The molecule has 0 bridgehead atoms. The van der Waals surface area contributed by atoms with E-state index in [1.807, 2.05) is 24.0 Å². The first kappa shape index (κ1) is 11.8. The predicted octanol–water partition coefficient (Wildman–Crippen LogP) is 2.12. The second-order valence-electron chi connectivity index (χ2n) is 3.50. The second kappa shape index (κ2) is 6.26. The number of hydrogen-bond donors (Lipinski definition) is 0. The molecule has 0 saturated carbocycles. The molecule has 2 nitrogen and oxygen atoms in total. The number of rotatable bonds is 6. The summed E-state index contributed by atoms with van der Waals surface area (Å²) in [5, 5.41) is 0. The molecule has 1 rings (SSSR count). The third-order valence-electron chi connectivity index (χ3n) is 2.37. The molecule has 0 aliphatic carbocycles. The average molecular weight is 208 g/mol. The summed E-state index contributed by atoms with van der Waals surface area (Å²) in [6, 6.07) is 3.96. The van der Waals surface area contributed by atoms with E-state index in [1.165, 1.54) is 0 Å². The Bertz CT molecular complexity index is 302. The fraction of sp³-hybridized carbons (Fsp3) is 0.500. The summed E-state index contributed by atoms with van der Waals surface area (Å²) in [5.41, 5.74) is 0. The zero-order valence-electron chi connectivity index (χ0n) is 8.95. The molecule has 15 heavy (non-hydrogen) atoms. The first-order valence-electron chi connectivity index (χ1n) is 5.03. The van der Waals surface area contributed by atoms with Crippen LogP contribution in [-0.2, 0) is 6.42 Å². The van der Waals surface area contributed by atoms with Gasteiger partial charge >= 0.3 is 0 Å². The molecule has 0 saturated heterocycles. The van der Waals surface area contributed by atoms with Gasteiger partial charge in [-0.05, 0) is 19.1 Å². The highest BCUT2D eigenvalue weighted by Gasteiger charge is 2.14. The predicted molar refractivity (Wildman–Crippen MR) is 58.3 cm³/mol. The van der Waals surface area contributed by atoms with Gasteiger partial charge in [0.1, 0.15) is 12.4 Å². The molecule has 0 N–H and O–H groups in total. The molecule has 0 amide bonds. The lowest BCUT2D eigenvalue weighted by Crippen LogP contribution is -2.36. The number of hydrogen-bond acceptors (Lipinski definition) is 2. The fourth-order valence-corrected chi connectivity index (χ4v) is 1.53. The van der Waals surface area contributed by atoms with Gasteiger partial charge in [-0.1, -0.05) is 5.92 Å². The normalized spacial score (nSPS) is 12.7. The van der Waals surface area contributed by atoms with Gasteiger partial charge in [-0.2, -0.15) is 0 Å². The van der Waals surface area contributed by atoms with E-state index >= 15 is 0 Å². The maximum absolute atomic E-state index is 12.3. The number of nitrogens with zero attached hydrogens (tertiary/aromatic N) is 1. The third-order valence-corrected chi connectivity index (χ3v) is 2.37. The molecule has 1 aromatic heterocycles. The van der Waals surface area contributed by atoms with Crippen molar-refractivity contribution in [3.05, 3.63) is 24.2 Å². The Hall–Kier alpha value is -1.27. The number of terminal acetylenes is 1. The molecule has 82 valence electrons. The van der Waals surface area contributed by atoms with Gasteiger partial charge in [-0.15, -0.1) is 6.42 Å². The molecule has 0 spiro atoms. The Balaban J connectivity index is 2.49. The average Bonchev–Trinajstić information content (AvgIpc) is 2.70. The van der Waals surface area contributed by atoms with Crippen molar-refractivity contribution < 1.29 is 8.81 Å². The minimum Gasteiger partial charge on any atom is -0.469 e. The van der Waals surface area contributed by atoms with Gasteiger partial charge in [0, 0.05) is 19.0 Å². The van der Waals surface area contributed by atoms with Crippen molar-refractivity contribution in [1.29, 1.82) is 0 Å². The fourth-order valence-electron chi connectivity index (χ4n) is 1.53. The van der Waals surface area contributed by atoms with Crippen molar-refractivity contribution in [2.45, 2.75) is 19.4 Å². The van der Waals surface area contributed by atoms with Crippen LogP contribution in [0, 0.1) is 12.3 Å². The summed E-state index contributed by atoms with van der Waals surface area (Å²) in [4.78, 5) is 1.93. The zero-order valence-corrected chi connectivity index (χ0v) is 8.95. The summed E-state index contributed by atoms with van der Waals surface area (Å²) in [6.07, 6.45) is 7.63. The molecule has 1 unspecified atom stereocenters. The Labute approximate surface area is 90.1 Å². The SMILES string of the molecule is C#CCN(CC[18F])C(C)Cc1ccco1. The maximum Gasteiger partial charge on any atom is 0.105 e. The van der Waals surface area contributed by atoms with Crippen molar-refractivity contribution in [2.75, 3.05) is 19.8 Å². The van der Waals surface area contributed by atoms with Crippen LogP contribution in [0.3, 0.4) is 0 Å². The lowest BCUT2D eigenvalue weighted by atomic mass is 10.1. The highest BCUT2D eigenvalue weighted by molar-refractivity contribution is 5.01. The molecular formula is C12H16FNO. The minimum absolute atomic E-state index is 0.197. The van der Waals surface area contributed by atoms with Crippen molar-refractivity contribution >= 4 is 0 Å². The van der Waals surface area contributed by atoms with E-state index < -0.39 is 0 Å². The van der Waals surface area contributed by atoms with Gasteiger partial charge in [0.15, 0.2) is 0 Å². The molecule has 1 atom stereocenters. The molecule has 0 aliphatic rings. The van der Waals surface area contributed by atoms with Gasteiger partial charge in [0.05, 0.1) is 12.8 Å². The summed E-state index contributed by atoms with van der Waals surface area (Å²) >= 11 is 0. The van der Waals surface area contributed by atoms with Gasteiger partial charge < -0.3 is 4.42 Å². The minimum atomic E-state index is -0.371. The van der Waals surface area contributed by atoms with E-state index in [0.717, 1.165) is 12.2 Å². The Morgan fingerprint density at radius 2 is 2.47 bits per heavy atom. The molecular weight excluding hydrogens is 192 g/mol. The Morgan fingerprint density at radius 3 is 3.00 bits per heavy atom. The quantitative estimate of drug-likeness (QED) is 0.666. The monoisotopic (exact) mass is 208 g/mol. The van der Waals surface area contributed by atoms with Crippen LogP contribution < -0.4 is 0 Å². The van der Waals surface area contributed by atoms with Crippen LogP contribution in [-0.4, -0.2) is 30.7 Å². The van der Waals surface area contributed by atoms with Crippen molar-refractivity contribution in [1.82, 2.24) is 4.90 Å². The van der Waals surface area contributed by atoms with Crippen LogP contribution in [0.25, 0.3) is 0 Å². The summed E-state index contributed by atoms with van der Waals surface area (Å²) in [5.74, 6) is 3.45. The largest absolute Gasteiger partial charge is 0.469 e. The lowest BCUT2D eigenvalue weighted by molar-refractivity contribution is 0.207. The molecule has 1 aromatic rings. The van der Waals surface area contributed by atoms with Crippen LogP contribution in [0.15, 0.2) is 22.8 Å². The molecule has 1 heterocycles. The summed E-state index contributed by atoms with van der Waals surface area (Å²) in [7, 11) is 0. The Morgan fingerprint density at radius 1 is 1.67 bits per heavy atom. The zero-order chi connectivity index (χ0) is 11.1. The standard InChI is InChI=1S/C12H16FNO/c1-3-7-14(8-6-13)11(2)10-12-5-4-9-15-12/h1,4-5,9,11H,6-8,10H2,2H3/i13-1. The molecule has 0 radical (unpaired) electrons. The topological polar surface area (TPSA) is 16.4 Å². The number of halogens is 1. The molecule has 0 fully saturated rings. The lowest BCUT2D eigenvalue weighted by Gasteiger charge is -2.25. The van der Waals surface area contributed by atoms with E-state index in [0.29, 0.717) is 13.1 Å². The van der Waals surface area contributed by atoms with Gasteiger partial charge in [0.25, 0.3) is 0 Å². The van der Waals surface area contributed by atoms with E-state index in [1.54, 1.807) is 6.26 Å². The first-order valence-corrected chi connectivity index (χ1v) is 5.03. The maximum atomic E-state index is 12.3. The first-order chi connectivity index (χ1) is 7.27. The highest BCUT2D eigenvalue weighted by atomic mass is 18.2. The van der Waals surface area contributed by atoms with E-state index in [4.69, 9.17) is 10.8 Å². The van der Waals surface area contributed by atoms with E-state index in [2.05, 4.69) is 5.92 Å². The van der Waals surface area contributed by atoms with Crippen LogP contribution in [0.2, 0.25) is 0 Å². The van der Waals surface area contributed by atoms with Crippen LogP contribution in [0.4, 0.5) is 4.39 Å². The van der Waals surface area contributed by atoms with E-state index in [-0.39, 0.29) is 12.7 Å². The van der Waals surface area contributed by atoms with Crippen LogP contribution in [0.5, 0.6) is 0 Å². The van der Waals surface area contributed by atoms with Crippen molar-refractivity contribution in [2.24, 2.45) is 0 Å². The highest BCUT2D eigenvalue weighted by Crippen LogP contribution is 2.09.